The van der Waals surface area contributed by atoms with Crippen LogP contribution in [0.15, 0.2) is 16.7 Å². The van der Waals surface area contributed by atoms with E-state index in [1.165, 1.54) is 7.11 Å². The zero-order valence-corrected chi connectivity index (χ0v) is 15.9. The van der Waals surface area contributed by atoms with Gasteiger partial charge in [0.25, 0.3) is 0 Å². The number of fused-ring (bicyclic) bond motifs is 2. The molecule has 8 unspecified atom stereocenters. The molecule has 2 N–H and O–H groups in total. The average molecular weight is 376 g/mol. The second-order valence-corrected chi connectivity index (χ2v) is 9.07. The minimum atomic E-state index is -0.980. The van der Waals surface area contributed by atoms with Gasteiger partial charge in [-0.05, 0) is 55.1 Å². The molecule has 6 heteroatoms. The summed E-state index contributed by atoms with van der Waals surface area (Å²) in [5.41, 5.74) is -0.296. The first-order valence-electron chi connectivity index (χ1n) is 10.1. The van der Waals surface area contributed by atoms with Gasteiger partial charge >= 0.3 is 5.97 Å². The number of carbonyl (C=O) groups is 1. The van der Waals surface area contributed by atoms with Crippen LogP contribution >= 0.6 is 0 Å². The molecule has 0 spiro atoms. The molecule has 2 heterocycles. The highest BCUT2D eigenvalue weighted by molar-refractivity contribution is 5.78. The molecule has 148 valence electrons. The van der Waals surface area contributed by atoms with Crippen molar-refractivity contribution in [3.05, 3.63) is 23.7 Å². The quantitative estimate of drug-likeness (QED) is 0.733. The van der Waals surface area contributed by atoms with Gasteiger partial charge in [-0.3, -0.25) is 4.79 Å². The number of rotatable bonds is 1. The fraction of sp³-hybridized carbons (Fsp3) is 0.762. The minimum absolute atomic E-state index is 0.0467. The topological polar surface area (TPSA) is 89.1 Å². The fourth-order valence-electron chi connectivity index (χ4n) is 7.41. The van der Waals surface area contributed by atoms with Crippen LogP contribution in [0.5, 0.6) is 0 Å². The standard InChI is InChI=1S/C21H28O6/c1-11-12-4-5-14-20(18(23)25-2)7-3-8-21(14,19(24)27-10-20)15(12)16(22)17-13(11)6-9-26-17/h6,9,11-12,14-16,19,22,24H,3-5,7-8,10H2,1-2H3. The van der Waals surface area contributed by atoms with Crippen LogP contribution < -0.4 is 0 Å². The van der Waals surface area contributed by atoms with E-state index < -0.39 is 23.2 Å². The summed E-state index contributed by atoms with van der Waals surface area (Å²) in [5, 5.41) is 22.4. The second kappa shape index (κ2) is 5.82. The van der Waals surface area contributed by atoms with Crippen molar-refractivity contribution >= 4 is 5.97 Å². The molecule has 1 aliphatic heterocycles. The molecule has 5 rings (SSSR count). The molecule has 6 nitrogen and oxygen atoms in total. The molecule has 3 aliphatic carbocycles. The second-order valence-electron chi connectivity index (χ2n) is 9.07. The Morgan fingerprint density at radius 2 is 2.11 bits per heavy atom. The molecule has 0 aromatic carbocycles. The average Bonchev–Trinajstić information content (AvgIpc) is 3.18. The molecule has 2 saturated carbocycles. The zero-order chi connectivity index (χ0) is 19.0. The summed E-state index contributed by atoms with van der Waals surface area (Å²) >= 11 is 0. The van der Waals surface area contributed by atoms with Crippen molar-refractivity contribution in [2.24, 2.45) is 28.6 Å². The summed E-state index contributed by atoms with van der Waals surface area (Å²) in [4.78, 5) is 12.9. The van der Waals surface area contributed by atoms with Gasteiger partial charge in [0.1, 0.15) is 11.9 Å². The van der Waals surface area contributed by atoms with Crippen LogP contribution in [0, 0.1) is 28.6 Å². The molecule has 0 radical (unpaired) electrons. The Bertz CT molecular complexity index is 758. The molecular weight excluding hydrogens is 348 g/mol. The lowest BCUT2D eigenvalue weighted by Crippen LogP contribution is -2.68. The summed E-state index contributed by atoms with van der Waals surface area (Å²) in [6.07, 6.45) is 3.93. The smallest absolute Gasteiger partial charge is 0.314 e. The molecular formula is C21H28O6. The lowest BCUT2D eigenvalue weighted by Gasteiger charge is -2.66. The van der Waals surface area contributed by atoms with Crippen LogP contribution in [0.4, 0.5) is 0 Å². The summed E-state index contributed by atoms with van der Waals surface area (Å²) < 4.78 is 16.7. The van der Waals surface area contributed by atoms with Crippen LogP contribution in [0.3, 0.4) is 0 Å². The van der Waals surface area contributed by atoms with E-state index in [9.17, 15) is 15.0 Å². The maximum absolute atomic E-state index is 12.9. The Morgan fingerprint density at radius 3 is 2.89 bits per heavy atom. The molecule has 0 amide bonds. The molecule has 4 aliphatic rings. The molecule has 1 saturated heterocycles. The predicted molar refractivity (Wildman–Crippen MR) is 94.5 cm³/mol. The van der Waals surface area contributed by atoms with Crippen molar-refractivity contribution in [2.75, 3.05) is 13.7 Å². The maximum atomic E-state index is 12.9. The molecule has 8 atom stereocenters. The highest BCUT2D eigenvalue weighted by atomic mass is 16.6. The number of esters is 1. The normalized spacial score (nSPS) is 48.1. The number of methoxy groups -OCH3 is 1. The number of hydrogen-bond donors (Lipinski definition) is 2. The van der Waals surface area contributed by atoms with Crippen LogP contribution in [0.2, 0.25) is 0 Å². The van der Waals surface area contributed by atoms with E-state index in [2.05, 4.69) is 6.92 Å². The van der Waals surface area contributed by atoms with E-state index in [1.54, 1.807) is 6.26 Å². The van der Waals surface area contributed by atoms with Crippen molar-refractivity contribution in [3.8, 4) is 0 Å². The first kappa shape index (κ1) is 17.7. The highest BCUT2D eigenvalue weighted by Gasteiger charge is 2.71. The van der Waals surface area contributed by atoms with Crippen molar-refractivity contribution < 1.29 is 28.9 Å². The molecule has 3 fully saturated rings. The Morgan fingerprint density at radius 1 is 1.30 bits per heavy atom. The van der Waals surface area contributed by atoms with Crippen LogP contribution in [-0.4, -0.2) is 36.2 Å². The van der Waals surface area contributed by atoms with Gasteiger partial charge in [-0.1, -0.05) is 13.3 Å². The molecule has 2 bridgehead atoms. The molecule has 1 aromatic heterocycles. The summed E-state index contributed by atoms with van der Waals surface area (Å²) in [6, 6.07) is 1.95. The third-order valence-electron chi connectivity index (χ3n) is 8.44. The third kappa shape index (κ3) is 1.99. The lowest BCUT2D eigenvalue weighted by molar-refractivity contribution is -0.329. The van der Waals surface area contributed by atoms with Crippen LogP contribution in [0.25, 0.3) is 0 Å². The first-order valence-corrected chi connectivity index (χ1v) is 10.1. The van der Waals surface area contributed by atoms with Crippen molar-refractivity contribution in [2.45, 2.75) is 57.3 Å². The number of hydrogen-bond acceptors (Lipinski definition) is 6. The Balaban J connectivity index is 1.67. The lowest BCUT2D eigenvalue weighted by atomic mass is 9.41. The van der Waals surface area contributed by atoms with Crippen molar-refractivity contribution in [1.29, 1.82) is 0 Å². The van der Waals surface area contributed by atoms with Gasteiger partial charge in [-0.15, -0.1) is 0 Å². The van der Waals surface area contributed by atoms with E-state index in [0.29, 0.717) is 12.2 Å². The number of aliphatic hydroxyl groups excluding tert-OH is 2. The molecule has 27 heavy (non-hydrogen) atoms. The zero-order valence-electron chi connectivity index (χ0n) is 15.9. The summed E-state index contributed by atoms with van der Waals surface area (Å²) in [7, 11) is 1.43. The van der Waals surface area contributed by atoms with Gasteiger partial charge in [-0.25, -0.2) is 0 Å². The van der Waals surface area contributed by atoms with E-state index in [-0.39, 0.29) is 36.2 Å². The Kier molecular flexibility index (Phi) is 3.81. The third-order valence-corrected chi connectivity index (χ3v) is 8.44. The number of ether oxygens (including phenoxy) is 2. The van der Waals surface area contributed by atoms with Gasteiger partial charge in [0.15, 0.2) is 6.29 Å². The monoisotopic (exact) mass is 376 g/mol. The van der Waals surface area contributed by atoms with Crippen molar-refractivity contribution in [3.63, 3.8) is 0 Å². The predicted octanol–water partition coefficient (Wildman–Crippen LogP) is 2.75. The first-order chi connectivity index (χ1) is 13.0. The summed E-state index contributed by atoms with van der Waals surface area (Å²) in [5.74, 6) is 0.612. The SMILES string of the molecule is COC(=O)C12CCCC3(C(O)OC1)C1C(O)c4occc4C(C)C1CCC23. The maximum Gasteiger partial charge on any atom is 0.314 e. The van der Waals surface area contributed by atoms with E-state index in [1.807, 2.05) is 6.07 Å². The van der Waals surface area contributed by atoms with E-state index >= 15 is 0 Å². The van der Waals surface area contributed by atoms with Crippen LogP contribution in [-0.2, 0) is 14.3 Å². The van der Waals surface area contributed by atoms with E-state index in [0.717, 1.165) is 31.2 Å². The van der Waals surface area contributed by atoms with Gasteiger partial charge < -0.3 is 24.1 Å². The summed E-state index contributed by atoms with van der Waals surface area (Å²) in [6.45, 7) is 2.38. The number of carbonyl (C=O) groups excluding carboxylic acids is 1. The van der Waals surface area contributed by atoms with Crippen molar-refractivity contribution in [1.82, 2.24) is 0 Å². The Labute approximate surface area is 158 Å². The van der Waals surface area contributed by atoms with Crippen LogP contribution in [0.1, 0.15) is 62.4 Å². The fourth-order valence-corrected chi connectivity index (χ4v) is 7.41. The molecule has 1 aromatic rings. The van der Waals surface area contributed by atoms with Gasteiger partial charge in [0.2, 0.25) is 0 Å². The van der Waals surface area contributed by atoms with Gasteiger partial charge in [0, 0.05) is 11.3 Å². The Hall–Kier alpha value is -1.37. The largest absolute Gasteiger partial charge is 0.469 e. The number of aliphatic hydroxyl groups is 2. The highest BCUT2D eigenvalue weighted by Crippen LogP contribution is 2.70. The van der Waals surface area contributed by atoms with E-state index in [4.69, 9.17) is 13.9 Å². The number of furan rings is 1. The van der Waals surface area contributed by atoms with Gasteiger partial charge in [0.05, 0.1) is 25.4 Å². The van der Waals surface area contributed by atoms with Gasteiger partial charge in [-0.2, -0.15) is 0 Å². The minimum Gasteiger partial charge on any atom is -0.469 e.